The first-order valence-electron chi connectivity index (χ1n) is 8.03. The fraction of sp³-hybridized carbons (Fsp3) is 0.353. The van der Waals surface area contributed by atoms with E-state index < -0.39 is 30.0 Å². The van der Waals surface area contributed by atoms with Gasteiger partial charge in [-0.3, -0.25) is 0 Å². The van der Waals surface area contributed by atoms with Crippen LogP contribution in [-0.4, -0.2) is 30.7 Å². The Morgan fingerprint density at radius 3 is 2.03 bits per heavy atom. The van der Waals surface area contributed by atoms with Crippen molar-refractivity contribution in [1.82, 2.24) is 4.98 Å². The number of hydrogen-bond donors (Lipinski definition) is 0. The number of ether oxygens (including phenoxy) is 3. The molecule has 0 aliphatic heterocycles. The van der Waals surface area contributed by atoms with Crippen LogP contribution < -0.4 is 14.2 Å². The Morgan fingerprint density at radius 1 is 0.933 bits per heavy atom. The van der Waals surface area contributed by atoms with Gasteiger partial charge in [0.05, 0.1) is 28.8 Å². The summed E-state index contributed by atoms with van der Waals surface area (Å²) in [7, 11) is 0. The fourth-order valence-corrected chi connectivity index (χ4v) is 2.55. The van der Waals surface area contributed by atoms with E-state index >= 15 is 0 Å². The van der Waals surface area contributed by atoms with Crippen molar-refractivity contribution in [2.45, 2.75) is 25.1 Å². The van der Waals surface area contributed by atoms with Gasteiger partial charge in [-0.2, -0.15) is 30.7 Å². The minimum absolute atomic E-state index is 0.0204. The van der Waals surface area contributed by atoms with E-state index in [4.69, 9.17) is 32.7 Å². The molecule has 0 N–H and O–H groups in total. The Morgan fingerprint density at radius 2 is 1.53 bits per heavy atom. The van der Waals surface area contributed by atoms with Crippen LogP contribution in [0.3, 0.4) is 0 Å². The summed E-state index contributed by atoms with van der Waals surface area (Å²) in [6.07, 6.45) is -12.4. The highest BCUT2D eigenvalue weighted by molar-refractivity contribution is 6.37. The van der Waals surface area contributed by atoms with E-state index in [1.165, 1.54) is 0 Å². The second-order valence-corrected chi connectivity index (χ2v) is 6.43. The number of benzene rings is 1. The van der Waals surface area contributed by atoms with Crippen LogP contribution in [0.2, 0.25) is 10.0 Å². The third-order valence-electron chi connectivity index (χ3n) is 3.33. The first-order valence-corrected chi connectivity index (χ1v) is 8.78. The maximum Gasteiger partial charge on any atom is 0.461 e. The molecule has 1 aromatic carbocycles. The van der Waals surface area contributed by atoms with Crippen molar-refractivity contribution < 1.29 is 44.9 Å². The van der Waals surface area contributed by atoms with Gasteiger partial charge in [0.25, 0.3) is 0 Å². The Labute approximate surface area is 175 Å². The van der Waals surface area contributed by atoms with Gasteiger partial charge in [-0.15, -0.1) is 0 Å². The molecule has 0 fully saturated rings. The van der Waals surface area contributed by atoms with Crippen molar-refractivity contribution in [3.05, 3.63) is 46.1 Å². The lowest BCUT2D eigenvalue weighted by atomic mass is 10.3. The van der Waals surface area contributed by atoms with Crippen LogP contribution in [0.4, 0.5) is 30.7 Å². The monoisotopic (exact) mass is 481 g/mol. The number of rotatable bonds is 9. The van der Waals surface area contributed by atoms with Crippen molar-refractivity contribution in [3.8, 4) is 17.4 Å². The minimum atomic E-state index is -4.72. The summed E-state index contributed by atoms with van der Waals surface area (Å²) in [6.45, 7) is 0.00286. The summed E-state index contributed by atoms with van der Waals surface area (Å²) in [5.41, 5.74) is -0.916. The average Bonchev–Trinajstić information content (AvgIpc) is 2.62. The van der Waals surface area contributed by atoms with Crippen LogP contribution in [0.1, 0.15) is 12.0 Å². The van der Waals surface area contributed by atoms with Crippen LogP contribution in [-0.2, 0) is 6.18 Å². The molecule has 166 valence electrons. The molecule has 1 aromatic heterocycles. The molecule has 0 saturated carbocycles. The molecular weight excluding hydrogens is 470 g/mol. The van der Waals surface area contributed by atoms with E-state index in [0.717, 1.165) is 24.3 Å². The van der Waals surface area contributed by atoms with Crippen molar-refractivity contribution in [2.75, 3.05) is 13.2 Å². The summed E-state index contributed by atoms with van der Waals surface area (Å²) < 4.78 is 102. The molecular formula is C17H12Cl2F7NO3. The number of alkyl halides is 7. The van der Waals surface area contributed by atoms with Gasteiger partial charge in [0.15, 0.2) is 5.75 Å². The van der Waals surface area contributed by atoms with Crippen LogP contribution >= 0.6 is 23.2 Å². The number of nitrogens with zero attached hydrogens (tertiary/aromatic N) is 1. The molecule has 4 nitrogen and oxygen atoms in total. The first-order chi connectivity index (χ1) is 13.9. The summed E-state index contributed by atoms with van der Waals surface area (Å²) in [4.78, 5) is 3.53. The van der Waals surface area contributed by atoms with Gasteiger partial charge in [-0.25, -0.2) is 4.98 Å². The maximum absolute atomic E-state index is 12.9. The fourth-order valence-electron chi connectivity index (χ4n) is 1.98. The molecule has 0 atom stereocenters. The standard InChI is InChI=1S/C17H12Cl2F7NO3/c18-11-6-10(30-17(25,26)15(20)21)7-12(19)14(11)29-5-1-4-28-13-3-2-9(8-27-13)16(22,23)24/h2-3,6-8,15H,1,4-5H2. The lowest BCUT2D eigenvalue weighted by molar-refractivity contribution is -0.253. The van der Waals surface area contributed by atoms with E-state index in [1.54, 1.807) is 0 Å². The minimum Gasteiger partial charge on any atom is -0.490 e. The Kier molecular flexibility index (Phi) is 7.87. The SMILES string of the molecule is FC(F)C(F)(F)Oc1cc(Cl)c(OCCCOc2ccc(C(F)(F)F)cn2)c(Cl)c1. The van der Waals surface area contributed by atoms with Gasteiger partial charge in [-0.05, 0) is 6.07 Å². The molecule has 2 rings (SSSR count). The molecule has 0 saturated heterocycles. The first kappa shape index (κ1) is 24.1. The summed E-state index contributed by atoms with van der Waals surface area (Å²) in [6, 6.07) is 3.55. The molecule has 0 amide bonds. The van der Waals surface area contributed by atoms with Gasteiger partial charge in [0.1, 0.15) is 5.75 Å². The summed E-state index contributed by atoms with van der Waals surface area (Å²) >= 11 is 11.7. The summed E-state index contributed by atoms with van der Waals surface area (Å²) in [5, 5.41) is -0.513. The highest BCUT2D eigenvalue weighted by atomic mass is 35.5. The van der Waals surface area contributed by atoms with E-state index in [9.17, 15) is 30.7 Å². The van der Waals surface area contributed by atoms with Gasteiger partial charge in [0, 0.05) is 30.8 Å². The Bertz CT molecular complexity index is 825. The second-order valence-electron chi connectivity index (χ2n) is 5.61. The predicted molar refractivity (Wildman–Crippen MR) is 92.9 cm³/mol. The zero-order valence-corrected chi connectivity index (χ0v) is 16.2. The van der Waals surface area contributed by atoms with E-state index in [-0.39, 0.29) is 41.3 Å². The van der Waals surface area contributed by atoms with Crippen molar-refractivity contribution in [3.63, 3.8) is 0 Å². The van der Waals surface area contributed by atoms with Crippen molar-refractivity contribution in [1.29, 1.82) is 0 Å². The van der Waals surface area contributed by atoms with Crippen molar-refractivity contribution in [2.24, 2.45) is 0 Å². The molecule has 2 aromatic rings. The topological polar surface area (TPSA) is 40.6 Å². The Hall–Kier alpha value is -2.14. The predicted octanol–water partition coefficient (Wildman–Crippen LogP) is 6.49. The van der Waals surface area contributed by atoms with Gasteiger partial charge < -0.3 is 14.2 Å². The quantitative estimate of drug-likeness (QED) is 0.303. The molecule has 0 unspecified atom stereocenters. The molecule has 30 heavy (non-hydrogen) atoms. The largest absolute Gasteiger partial charge is 0.490 e. The molecule has 13 heteroatoms. The molecule has 0 spiro atoms. The van der Waals surface area contributed by atoms with Gasteiger partial charge in [-0.1, -0.05) is 23.2 Å². The van der Waals surface area contributed by atoms with E-state index in [2.05, 4.69) is 9.72 Å². The molecule has 0 bridgehead atoms. The molecule has 0 radical (unpaired) electrons. The van der Waals surface area contributed by atoms with E-state index in [0.29, 0.717) is 6.20 Å². The molecule has 0 aliphatic rings. The molecule has 0 aliphatic carbocycles. The van der Waals surface area contributed by atoms with Crippen molar-refractivity contribution >= 4 is 23.2 Å². The second kappa shape index (κ2) is 9.78. The van der Waals surface area contributed by atoms with Crippen LogP contribution in [0.5, 0.6) is 17.4 Å². The number of pyridine rings is 1. The zero-order valence-electron chi connectivity index (χ0n) is 14.7. The summed E-state index contributed by atoms with van der Waals surface area (Å²) in [5.74, 6) is -0.807. The number of halogens is 9. The normalized spacial score (nSPS) is 12.2. The zero-order chi connectivity index (χ0) is 22.5. The van der Waals surface area contributed by atoms with Crippen LogP contribution in [0, 0.1) is 0 Å². The van der Waals surface area contributed by atoms with Crippen LogP contribution in [0.25, 0.3) is 0 Å². The third kappa shape index (κ3) is 6.69. The highest BCUT2D eigenvalue weighted by Gasteiger charge is 2.44. The number of aromatic nitrogens is 1. The van der Waals surface area contributed by atoms with Crippen LogP contribution in [0.15, 0.2) is 30.5 Å². The highest BCUT2D eigenvalue weighted by Crippen LogP contribution is 2.39. The Balaban J connectivity index is 1.85. The number of hydrogen-bond acceptors (Lipinski definition) is 4. The lowest BCUT2D eigenvalue weighted by Crippen LogP contribution is -2.33. The third-order valence-corrected chi connectivity index (χ3v) is 3.89. The smallest absolute Gasteiger partial charge is 0.461 e. The van der Waals surface area contributed by atoms with E-state index in [1.807, 2.05) is 0 Å². The van der Waals surface area contributed by atoms with Gasteiger partial charge in [0.2, 0.25) is 5.88 Å². The maximum atomic E-state index is 12.9. The van der Waals surface area contributed by atoms with Gasteiger partial charge >= 0.3 is 18.7 Å². The molecule has 1 heterocycles. The lowest BCUT2D eigenvalue weighted by Gasteiger charge is -2.18. The average molecular weight is 482 g/mol.